The molecule has 0 N–H and O–H groups in total. The van der Waals surface area contributed by atoms with Gasteiger partial charge in [-0.05, 0) is 71.2 Å². The molecule has 0 saturated heterocycles. The third-order valence-electron chi connectivity index (χ3n) is 7.70. The molecule has 0 aromatic carbocycles. The molecule has 172 valence electrons. The van der Waals surface area contributed by atoms with Crippen molar-refractivity contribution >= 4 is 0 Å². The van der Waals surface area contributed by atoms with Crippen molar-refractivity contribution in [1.82, 2.24) is 0 Å². The van der Waals surface area contributed by atoms with Crippen molar-refractivity contribution < 1.29 is 0 Å². The van der Waals surface area contributed by atoms with E-state index in [0.29, 0.717) is 16.2 Å². The van der Waals surface area contributed by atoms with Crippen molar-refractivity contribution in [3.8, 4) is 0 Å². The van der Waals surface area contributed by atoms with E-state index in [-0.39, 0.29) is 7.43 Å². The average Bonchev–Trinajstić information content (AvgIpc) is 3.30. The molecule has 0 radical (unpaired) electrons. The number of allylic oxidation sites excluding steroid dienone is 8. The molecule has 0 aromatic heterocycles. The van der Waals surface area contributed by atoms with Crippen LogP contribution in [-0.4, -0.2) is 0 Å². The summed E-state index contributed by atoms with van der Waals surface area (Å²) in [6.45, 7) is 23.2. The molecule has 3 saturated carbocycles. The standard InChI is InChI=1S/C11H20.2C9H14.CH4/c1-9(2,3)11-6-5-10(4,7-11)8-11;2*1-9(2,3)8-6-4-5-7-8;/h5-8H2,1-4H3;4,6-7H,5H2,1-3H3;4-6H,7H2,1-3H3;1H4. The molecule has 0 spiro atoms. The van der Waals surface area contributed by atoms with Gasteiger partial charge in [0.1, 0.15) is 0 Å². The van der Waals surface area contributed by atoms with Crippen molar-refractivity contribution in [2.24, 2.45) is 27.1 Å². The van der Waals surface area contributed by atoms with Crippen LogP contribution in [0.2, 0.25) is 0 Å². The van der Waals surface area contributed by atoms with E-state index in [1.165, 1.54) is 31.3 Å². The van der Waals surface area contributed by atoms with Gasteiger partial charge in [0.25, 0.3) is 0 Å². The fourth-order valence-corrected chi connectivity index (χ4v) is 5.40. The van der Waals surface area contributed by atoms with Crippen LogP contribution in [0.1, 0.15) is 115 Å². The molecule has 2 bridgehead atoms. The van der Waals surface area contributed by atoms with Gasteiger partial charge in [0, 0.05) is 0 Å². The van der Waals surface area contributed by atoms with Crippen molar-refractivity contribution in [3.05, 3.63) is 47.6 Å². The lowest BCUT2D eigenvalue weighted by Gasteiger charge is -2.53. The minimum atomic E-state index is 0. The molecular formula is C30H52. The van der Waals surface area contributed by atoms with Gasteiger partial charge >= 0.3 is 0 Å². The Kier molecular flexibility index (Phi) is 8.29. The molecular weight excluding hydrogens is 360 g/mol. The maximum absolute atomic E-state index is 2.46. The average molecular weight is 413 g/mol. The Morgan fingerprint density at radius 3 is 1.60 bits per heavy atom. The number of hydrogen-bond acceptors (Lipinski definition) is 0. The highest BCUT2D eigenvalue weighted by Crippen LogP contribution is 2.72. The Morgan fingerprint density at radius 1 is 0.800 bits per heavy atom. The van der Waals surface area contributed by atoms with Gasteiger partial charge in [-0.2, -0.15) is 0 Å². The van der Waals surface area contributed by atoms with Crippen molar-refractivity contribution in [2.45, 2.75) is 115 Å². The van der Waals surface area contributed by atoms with Crippen molar-refractivity contribution in [2.75, 3.05) is 0 Å². The van der Waals surface area contributed by atoms with Gasteiger partial charge in [0.15, 0.2) is 0 Å². The predicted molar refractivity (Wildman–Crippen MR) is 138 cm³/mol. The van der Waals surface area contributed by atoms with Crippen molar-refractivity contribution in [3.63, 3.8) is 0 Å². The molecule has 0 aromatic rings. The Morgan fingerprint density at radius 2 is 1.40 bits per heavy atom. The van der Waals surface area contributed by atoms with Gasteiger partial charge in [-0.15, -0.1) is 0 Å². The van der Waals surface area contributed by atoms with E-state index in [1.54, 1.807) is 5.57 Å². The van der Waals surface area contributed by atoms with Crippen LogP contribution >= 0.6 is 0 Å². The Balaban J connectivity index is 0.000000223. The molecule has 5 aliphatic carbocycles. The fourth-order valence-electron chi connectivity index (χ4n) is 5.40. The summed E-state index contributed by atoms with van der Waals surface area (Å²) in [7, 11) is 0. The van der Waals surface area contributed by atoms with Gasteiger partial charge < -0.3 is 0 Å². The first-order chi connectivity index (χ1) is 13.1. The summed E-state index contributed by atoms with van der Waals surface area (Å²) < 4.78 is 0. The zero-order valence-corrected chi connectivity index (χ0v) is 21.2. The molecule has 0 heteroatoms. The molecule has 0 aliphatic heterocycles. The second kappa shape index (κ2) is 9.22. The summed E-state index contributed by atoms with van der Waals surface area (Å²) in [4.78, 5) is 0. The van der Waals surface area contributed by atoms with Crippen LogP contribution < -0.4 is 0 Å². The van der Waals surface area contributed by atoms with Crippen LogP contribution in [0.25, 0.3) is 0 Å². The fraction of sp³-hybridized carbons (Fsp3) is 0.733. The first-order valence-electron chi connectivity index (χ1n) is 11.8. The van der Waals surface area contributed by atoms with Gasteiger partial charge in [-0.1, -0.05) is 119 Å². The van der Waals surface area contributed by atoms with Crippen LogP contribution in [0.4, 0.5) is 0 Å². The Bertz CT molecular complexity index is 680. The van der Waals surface area contributed by atoms with Gasteiger partial charge in [-0.3, -0.25) is 0 Å². The first kappa shape index (κ1) is 27.0. The van der Waals surface area contributed by atoms with Crippen LogP contribution in [0, 0.1) is 27.1 Å². The summed E-state index contributed by atoms with van der Waals surface area (Å²) in [5.74, 6) is 0. The zero-order valence-electron chi connectivity index (χ0n) is 21.2. The predicted octanol–water partition coefficient (Wildman–Crippen LogP) is 10.1. The van der Waals surface area contributed by atoms with E-state index in [0.717, 1.165) is 23.7 Å². The molecule has 0 unspecified atom stereocenters. The summed E-state index contributed by atoms with van der Waals surface area (Å²) in [5.41, 5.74) is 5.80. The van der Waals surface area contributed by atoms with Gasteiger partial charge in [0.05, 0.1) is 0 Å². The van der Waals surface area contributed by atoms with E-state index < -0.39 is 0 Å². The smallest absolute Gasteiger partial charge is 0.0127 e. The number of hydrogen-bond donors (Lipinski definition) is 0. The van der Waals surface area contributed by atoms with Crippen LogP contribution in [-0.2, 0) is 0 Å². The second-order valence-electron chi connectivity index (χ2n) is 13.3. The van der Waals surface area contributed by atoms with Crippen LogP contribution in [0.3, 0.4) is 0 Å². The number of fused-ring (bicyclic) bond motifs is 1. The van der Waals surface area contributed by atoms with Gasteiger partial charge in [-0.25, -0.2) is 0 Å². The van der Waals surface area contributed by atoms with E-state index in [2.05, 4.69) is 106 Å². The van der Waals surface area contributed by atoms with E-state index in [9.17, 15) is 0 Å². The molecule has 0 atom stereocenters. The Labute approximate surface area is 190 Å². The highest BCUT2D eigenvalue weighted by Gasteiger charge is 2.62. The monoisotopic (exact) mass is 412 g/mol. The second-order valence-corrected chi connectivity index (χ2v) is 13.3. The third kappa shape index (κ3) is 6.48. The quantitative estimate of drug-likeness (QED) is 0.371. The topological polar surface area (TPSA) is 0 Å². The molecule has 3 fully saturated rings. The number of rotatable bonds is 0. The van der Waals surface area contributed by atoms with Gasteiger partial charge in [0.2, 0.25) is 0 Å². The highest BCUT2D eigenvalue weighted by molar-refractivity contribution is 5.30. The lowest BCUT2D eigenvalue weighted by atomic mass is 9.51. The maximum Gasteiger partial charge on any atom is -0.0127 e. The zero-order chi connectivity index (χ0) is 22.1. The normalized spacial score (nSPS) is 29.0. The molecule has 0 heterocycles. The maximum atomic E-state index is 2.46. The summed E-state index contributed by atoms with van der Waals surface area (Å²) in [6.07, 6.45) is 21.6. The van der Waals surface area contributed by atoms with E-state index in [1.807, 2.05) is 0 Å². The highest BCUT2D eigenvalue weighted by atomic mass is 14.7. The van der Waals surface area contributed by atoms with E-state index >= 15 is 0 Å². The lowest BCUT2D eigenvalue weighted by molar-refractivity contribution is -0.0362. The summed E-state index contributed by atoms with van der Waals surface area (Å²) in [5, 5.41) is 0. The van der Waals surface area contributed by atoms with Crippen LogP contribution in [0.15, 0.2) is 47.6 Å². The summed E-state index contributed by atoms with van der Waals surface area (Å²) in [6, 6.07) is 0. The SMILES string of the molecule is C.CC(C)(C)C1=CC=CC1.CC(C)(C)C1=CCC=C1.CC12CCC(C(C)(C)C)(C1)C2. The molecule has 5 rings (SSSR count). The molecule has 0 nitrogen and oxygen atoms in total. The minimum Gasteiger partial charge on any atom is -0.0804 e. The third-order valence-corrected chi connectivity index (χ3v) is 7.70. The van der Waals surface area contributed by atoms with E-state index in [4.69, 9.17) is 0 Å². The minimum absolute atomic E-state index is 0. The molecule has 5 aliphatic rings. The lowest BCUT2D eigenvalue weighted by Crippen LogP contribution is -2.44. The largest absolute Gasteiger partial charge is 0.0804 e. The Hall–Kier alpha value is -1.04. The molecule has 0 amide bonds. The molecule has 30 heavy (non-hydrogen) atoms. The first-order valence-corrected chi connectivity index (χ1v) is 11.8. The van der Waals surface area contributed by atoms with Crippen LogP contribution in [0.5, 0.6) is 0 Å². The van der Waals surface area contributed by atoms with Crippen molar-refractivity contribution in [1.29, 1.82) is 0 Å². The summed E-state index contributed by atoms with van der Waals surface area (Å²) >= 11 is 0.